The molecule has 0 spiro atoms. The molecule has 3 fully saturated rings. The summed E-state index contributed by atoms with van der Waals surface area (Å²) in [6, 6.07) is 1.96. The van der Waals surface area contributed by atoms with Crippen molar-refractivity contribution in [2.75, 3.05) is 37.4 Å². The molecule has 182 valence electrons. The third-order valence-corrected chi connectivity index (χ3v) is 6.86. The Morgan fingerprint density at radius 2 is 2.03 bits per heavy atom. The van der Waals surface area contributed by atoms with Gasteiger partial charge in [0.2, 0.25) is 17.8 Å². The molecule has 5 rings (SSSR count). The van der Waals surface area contributed by atoms with Crippen LogP contribution >= 0.6 is 0 Å². The Hall–Kier alpha value is -3.05. The topological polar surface area (TPSA) is 140 Å². The van der Waals surface area contributed by atoms with Crippen molar-refractivity contribution in [3.63, 3.8) is 0 Å². The van der Waals surface area contributed by atoms with Gasteiger partial charge in [0.15, 0.2) is 0 Å². The summed E-state index contributed by atoms with van der Waals surface area (Å²) in [4.78, 5) is 33.8. The van der Waals surface area contributed by atoms with Crippen LogP contribution in [0.1, 0.15) is 32.6 Å². The Bertz CT molecular complexity index is 1030. The molecule has 3 heterocycles. The number of hydrogen-bond acceptors (Lipinski definition) is 10. The fourth-order valence-corrected chi connectivity index (χ4v) is 4.37. The summed E-state index contributed by atoms with van der Waals surface area (Å²) in [5.74, 6) is 1.16. The normalized spacial score (nSPS) is 25.4. The van der Waals surface area contributed by atoms with Crippen molar-refractivity contribution >= 4 is 17.8 Å². The maximum atomic E-state index is 12.5. The largest absolute Gasteiger partial charge is 0.474 e. The van der Waals surface area contributed by atoms with E-state index in [2.05, 4.69) is 26.8 Å². The van der Waals surface area contributed by atoms with Gasteiger partial charge in [-0.05, 0) is 25.7 Å². The highest BCUT2D eigenvalue weighted by molar-refractivity contribution is 5.81. The summed E-state index contributed by atoms with van der Waals surface area (Å²) in [7, 11) is 1.76. The van der Waals surface area contributed by atoms with Gasteiger partial charge < -0.3 is 30.1 Å². The van der Waals surface area contributed by atoms with Gasteiger partial charge in [0.1, 0.15) is 12.2 Å². The lowest BCUT2D eigenvalue weighted by molar-refractivity contribution is -0.145. The van der Waals surface area contributed by atoms with Gasteiger partial charge in [-0.25, -0.2) is 15.0 Å². The minimum absolute atomic E-state index is 0.0523. The van der Waals surface area contributed by atoms with E-state index in [1.165, 1.54) is 0 Å². The molecule has 2 saturated carbocycles. The molecule has 1 aliphatic heterocycles. The fourth-order valence-electron chi connectivity index (χ4n) is 4.37. The lowest BCUT2D eigenvalue weighted by atomic mass is 9.87. The van der Waals surface area contributed by atoms with Gasteiger partial charge in [0, 0.05) is 56.5 Å². The lowest BCUT2D eigenvalue weighted by Gasteiger charge is -2.41. The molecule has 3 aliphatic rings. The van der Waals surface area contributed by atoms with E-state index in [1.54, 1.807) is 30.4 Å². The summed E-state index contributed by atoms with van der Waals surface area (Å²) in [5, 5.41) is 10.2. The number of nitrogens with two attached hydrogens (primary N) is 1. The highest BCUT2D eigenvalue weighted by Gasteiger charge is 2.41. The minimum atomic E-state index is -0.880. The van der Waals surface area contributed by atoms with Crippen LogP contribution in [-0.4, -0.2) is 86.9 Å². The quantitative estimate of drug-likeness (QED) is 0.600. The Labute approximate surface area is 198 Å². The number of amides is 1. The first-order valence-corrected chi connectivity index (χ1v) is 11.8. The monoisotopic (exact) mass is 469 g/mol. The predicted octanol–water partition coefficient (Wildman–Crippen LogP) is 0.880. The molecule has 11 nitrogen and oxygen atoms in total. The number of rotatable bonds is 7. The van der Waals surface area contributed by atoms with Crippen LogP contribution in [0, 0.1) is 5.92 Å². The Kier molecular flexibility index (Phi) is 6.22. The zero-order valence-corrected chi connectivity index (χ0v) is 19.5. The van der Waals surface area contributed by atoms with Crippen molar-refractivity contribution in [2.45, 2.75) is 56.9 Å². The molecule has 2 aromatic heterocycles. The predicted molar refractivity (Wildman–Crippen MR) is 124 cm³/mol. The second-order valence-electron chi connectivity index (χ2n) is 9.44. The number of aromatic nitrogens is 4. The van der Waals surface area contributed by atoms with E-state index in [0.717, 1.165) is 18.4 Å². The molecule has 2 aliphatic carbocycles. The lowest BCUT2D eigenvalue weighted by Crippen LogP contribution is -2.52. The molecule has 0 aromatic carbocycles. The second kappa shape index (κ2) is 9.30. The van der Waals surface area contributed by atoms with E-state index < -0.39 is 6.10 Å². The maximum Gasteiger partial charge on any atom is 0.251 e. The Morgan fingerprint density at radius 1 is 1.29 bits per heavy atom. The van der Waals surface area contributed by atoms with Gasteiger partial charge in [-0.1, -0.05) is 0 Å². The highest BCUT2D eigenvalue weighted by atomic mass is 16.5. The Balaban J connectivity index is 1.31. The molecule has 1 amide bonds. The highest BCUT2D eigenvalue weighted by Crippen LogP contribution is 2.36. The van der Waals surface area contributed by atoms with Crippen molar-refractivity contribution < 1.29 is 19.4 Å². The number of morpholine rings is 1. The first kappa shape index (κ1) is 22.7. The average molecular weight is 470 g/mol. The van der Waals surface area contributed by atoms with Gasteiger partial charge >= 0.3 is 0 Å². The zero-order valence-electron chi connectivity index (χ0n) is 19.5. The van der Waals surface area contributed by atoms with E-state index in [9.17, 15) is 9.90 Å². The van der Waals surface area contributed by atoms with Crippen molar-refractivity contribution in [1.82, 2.24) is 24.8 Å². The van der Waals surface area contributed by atoms with E-state index in [-0.39, 0.29) is 36.0 Å². The third-order valence-electron chi connectivity index (χ3n) is 6.86. The number of hydrogen-bond donors (Lipinski definition) is 2. The van der Waals surface area contributed by atoms with Crippen LogP contribution in [0.15, 0.2) is 18.5 Å². The van der Waals surface area contributed by atoms with Crippen LogP contribution in [0.2, 0.25) is 0 Å². The average Bonchev–Trinajstić information content (AvgIpc) is 3.66. The number of anilines is 2. The number of aliphatic hydroxyl groups is 1. The number of nitrogen functional groups attached to an aromatic ring is 1. The van der Waals surface area contributed by atoms with Gasteiger partial charge in [-0.15, -0.1) is 0 Å². The summed E-state index contributed by atoms with van der Waals surface area (Å²) >= 11 is 0. The standard InChI is InChI=1S/C23H31N7O4/c1-13-12-33-6-5-30(13)23-27-18(15-10-25-22(24)26-11-15)9-19(28-23)34-17-7-16(8-17)29(2)21(32)20(31)14-3-4-14/h9-11,13-14,16-17,20,31H,3-8,12H2,1-2H3,(H2,24,25,26)/t13-,16-,17-,20+/m0/s1. The first-order chi connectivity index (χ1) is 16.4. The van der Waals surface area contributed by atoms with Crippen molar-refractivity contribution in [3.05, 3.63) is 18.5 Å². The van der Waals surface area contributed by atoms with Gasteiger partial charge in [-0.2, -0.15) is 4.98 Å². The molecule has 3 N–H and O–H groups in total. The van der Waals surface area contributed by atoms with Crippen LogP contribution < -0.4 is 15.4 Å². The molecule has 11 heteroatoms. The molecule has 0 bridgehead atoms. The SMILES string of the molecule is C[C@H]1COCCN1c1nc(O[C@H]2C[C@H](N(C)C(=O)[C@H](O)C3CC3)C2)cc(-c2cnc(N)nc2)n1. The van der Waals surface area contributed by atoms with E-state index >= 15 is 0 Å². The Morgan fingerprint density at radius 3 is 2.71 bits per heavy atom. The van der Waals surface area contributed by atoms with Crippen LogP contribution in [-0.2, 0) is 9.53 Å². The maximum absolute atomic E-state index is 12.5. The number of carbonyl (C=O) groups excluding carboxylic acids is 1. The first-order valence-electron chi connectivity index (χ1n) is 11.8. The molecule has 2 aromatic rings. The van der Waals surface area contributed by atoms with E-state index in [4.69, 9.17) is 20.2 Å². The summed E-state index contributed by atoms with van der Waals surface area (Å²) in [5.41, 5.74) is 7.01. The molecular weight excluding hydrogens is 438 g/mol. The van der Waals surface area contributed by atoms with Crippen LogP contribution in [0.4, 0.5) is 11.9 Å². The molecule has 1 saturated heterocycles. The van der Waals surface area contributed by atoms with E-state index in [0.29, 0.717) is 50.1 Å². The zero-order chi connectivity index (χ0) is 23.8. The van der Waals surface area contributed by atoms with Crippen molar-refractivity contribution in [2.24, 2.45) is 5.92 Å². The van der Waals surface area contributed by atoms with Gasteiger partial charge in [0.25, 0.3) is 5.91 Å². The number of likely N-dealkylation sites (N-methyl/N-ethyl adjacent to an activating group) is 1. The molecule has 34 heavy (non-hydrogen) atoms. The second-order valence-corrected chi connectivity index (χ2v) is 9.44. The number of aliphatic hydroxyl groups excluding tert-OH is 1. The summed E-state index contributed by atoms with van der Waals surface area (Å²) in [6.07, 6.45) is 5.54. The van der Waals surface area contributed by atoms with Gasteiger partial charge in [-0.3, -0.25) is 4.79 Å². The number of nitrogens with zero attached hydrogens (tertiary/aromatic N) is 6. The fraction of sp³-hybridized carbons (Fsp3) is 0.609. The van der Waals surface area contributed by atoms with Crippen LogP contribution in [0.25, 0.3) is 11.3 Å². The van der Waals surface area contributed by atoms with Crippen molar-refractivity contribution in [3.8, 4) is 17.1 Å². The number of ether oxygens (including phenoxy) is 2. The third kappa shape index (κ3) is 4.76. The molecule has 0 unspecified atom stereocenters. The minimum Gasteiger partial charge on any atom is -0.474 e. The van der Waals surface area contributed by atoms with Crippen LogP contribution in [0.3, 0.4) is 0 Å². The van der Waals surface area contributed by atoms with E-state index in [1.807, 2.05) is 0 Å². The molecular formula is C23H31N7O4. The summed E-state index contributed by atoms with van der Waals surface area (Å²) < 4.78 is 11.8. The van der Waals surface area contributed by atoms with Crippen LogP contribution in [0.5, 0.6) is 5.88 Å². The number of carbonyl (C=O) groups is 1. The van der Waals surface area contributed by atoms with Crippen molar-refractivity contribution in [1.29, 1.82) is 0 Å². The smallest absolute Gasteiger partial charge is 0.251 e. The molecule has 2 atom stereocenters. The summed E-state index contributed by atoms with van der Waals surface area (Å²) in [6.45, 7) is 3.97. The molecule has 0 radical (unpaired) electrons. The van der Waals surface area contributed by atoms with Gasteiger partial charge in [0.05, 0.1) is 24.9 Å².